The molecule has 22 heavy (non-hydrogen) atoms. The van der Waals surface area contributed by atoms with Gasteiger partial charge in [-0.25, -0.2) is 0 Å². The van der Waals surface area contributed by atoms with Crippen LogP contribution >= 0.6 is 0 Å². The van der Waals surface area contributed by atoms with E-state index in [1.165, 1.54) is 0 Å². The minimum absolute atomic E-state index is 0.454. The van der Waals surface area contributed by atoms with E-state index in [1.54, 1.807) is 18.6 Å². The van der Waals surface area contributed by atoms with E-state index in [2.05, 4.69) is 25.3 Å². The number of pyridine rings is 1. The third-order valence-corrected chi connectivity index (χ3v) is 3.27. The Kier molecular flexibility index (Phi) is 2.97. The average molecular weight is 289 g/mol. The molecule has 0 unspecified atom stereocenters. The van der Waals surface area contributed by atoms with E-state index in [9.17, 15) is 0 Å². The fourth-order valence-electron chi connectivity index (χ4n) is 2.19. The van der Waals surface area contributed by atoms with E-state index in [0.717, 1.165) is 22.4 Å². The second-order valence-electron chi connectivity index (χ2n) is 4.72. The minimum Gasteiger partial charge on any atom is -0.334 e. The molecule has 0 aliphatic heterocycles. The van der Waals surface area contributed by atoms with Gasteiger partial charge >= 0.3 is 0 Å². The van der Waals surface area contributed by atoms with Gasteiger partial charge in [-0.2, -0.15) is 10.1 Å². The van der Waals surface area contributed by atoms with Gasteiger partial charge in [0.1, 0.15) is 0 Å². The molecular formula is C16H11N5O. The molecule has 4 rings (SSSR count). The smallest absolute Gasteiger partial charge is 0.259 e. The first-order valence-electron chi connectivity index (χ1n) is 6.74. The zero-order valence-electron chi connectivity index (χ0n) is 11.5. The van der Waals surface area contributed by atoms with Crippen molar-refractivity contribution in [2.45, 2.75) is 0 Å². The molecule has 0 atom stereocenters. The summed E-state index contributed by atoms with van der Waals surface area (Å²) in [5, 5.41) is 10.9. The molecule has 0 aliphatic rings. The summed E-state index contributed by atoms with van der Waals surface area (Å²) in [6.45, 7) is 0. The molecule has 4 aromatic rings. The Morgan fingerprint density at radius 1 is 0.909 bits per heavy atom. The summed E-state index contributed by atoms with van der Waals surface area (Å²) in [5.41, 5.74) is 3.64. The number of hydrogen-bond acceptors (Lipinski definition) is 5. The maximum Gasteiger partial charge on any atom is 0.259 e. The highest BCUT2D eigenvalue weighted by Gasteiger charge is 2.11. The molecule has 3 heterocycles. The van der Waals surface area contributed by atoms with Crippen molar-refractivity contribution in [2.24, 2.45) is 0 Å². The number of H-pyrrole nitrogens is 1. The van der Waals surface area contributed by atoms with Gasteiger partial charge in [0.2, 0.25) is 5.82 Å². The summed E-state index contributed by atoms with van der Waals surface area (Å²) >= 11 is 0. The maximum atomic E-state index is 5.31. The molecule has 0 radical (unpaired) electrons. The van der Waals surface area contributed by atoms with Crippen LogP contribution in [0.15, 0.2) is 65.6 Å². The zero-order chi connectivity index (χ0) is 14.8. The van der Waals surface area contributed by atoms with Gasteiger partial charge in [-0.1, -0.05) is 23.4 Å². The molecule has 0 saturated carbocycles. The van der Waals surface area contributed by atoms with Crippen LogP contribution < -0.4 is 0 Å². The third kappa shape index (κ3) is 2.26. The van der Waals surface area contributed by atoms with Gasteiger partial charge in [-0.15, -0.1) is 0 Å². The molecule has 3 aromatic heterocycles. The van der Waals surface area contributed by atoms with E-state index >= 15 is 0 Å². The summed E-state index contributed by atoms with van der Waals surface area (Å²) in [6, 6.07) is 13.5. The Bertz CT molecular complexity index is 884. The van der Waals surface area contributed by atoms with Crippen molar-refractivity contribution in [1.29, 1.82) is 0 Å². The number of aromatic nitrogens is 5. The zero-order valence-corrected chi connectivity index (χ0v) is 11.5. The second-order valence-corrected chi connectivity index (χ2v) is 4.72. The van der Waals surface area contributed by atoms with Crippen molar-refractivity contribution >= 4 is 0 Å². The number of nitrogens with one attached hydrogen (secondary N) is 1. The average Bonchev–Trinajstić information content (AvgIpc) is 3.28. The van der Waals surface area contributed by atoms with Crippen molar-refractivity contribution in [2.75, 3.05) is 0 Å². The largest absolute Gasteiger partial charge is 0.334 e. The van der Waals surface area contributed by atoms with E-state index < -0.39 is 0 Å². The monoisotopic (exact) mass is 289 g/mol. The fraction of sp³-hybridized carbons (Fsp3) is 0. The lowest BCUT2D eigenvalue weighted by Crippen LogP contribution is -1.84. The van der Waals surface area contributed by atoms with Crippen LogP contribution in [-0.4, -0.2) is 25.3 Å². The number of benzene rings is 1. The second kappa shape index (κ2) is 5.25. The van der Waals surface area contributed by atoms with Crippen LogP contribution in [0.5, 0.6) is 0 Å². The molecule has 1 N–H and O–H groups in total. The van der Waals surface area contributed by atoms with Crippen LogP contribution in [0.25, 0.3) is 34.1 Å². The van der Waals surface area contributed by atoms with Crippen molar-refractivity contribution in [3.8, 4) is 34.1 Å². The minimum atomic E-state index is 0.454. The number of hydrogen-bond donors (Lipinski definition) is 1. The van der Waals surface area contributed by atoms with Crippen LogP contribution in [0.2, 0.25) is 0 Å². The van der Waals surface area contributed by atoms with E-state index in [-0.39, 0.29) is 0 Å². The normalized spacial score (nSPS) is 10.7. The molecule has 0 saturated heterocycles. The summed E-state index contributed by atoms with van der Waals surface area (Å²) < 4.78 is 5.31. The van der Waals surface area contributed by atoms with Crippen LogP contribution in [0.1, 0.15) is 0 Å². The summed E-state index contributed by atoms with van der Waals surface area (Å²) in [7, 11) is 0. The summed E-state index contributed by atoms with van der Waals surface area (Å²) in [5.74, 6) is 0.996. The molecule has 1 aromatic carbocycles. The van der Waals surface area contributed by atoms with Gasteiger partial charge < -0.3 is 4.52 Å². The van der Waals surface area contributed by atoms with Crippen LogP contribution in [0, 0.1) is 0 Å². The molecule has 6 heteroatoms. The first kappa shape index (κ1) is 12.5. The third-order valence-electron chi connectivity index (χ3n) is 3.27. The van der Waals surface area contributed by atoms with Gasteiger partial charge in [-0.3, -0.25) is 10.1 Å². The molecule has 6 nitrogen and oxygen atoms in total. The van der Waals surface area contributed by atoms with E-state index in [1.807, 2.05) is 42.5 Å². The standard InChI is InChI=1S/C16H11N5O/c1-3-11(14-6-8-18-20-14)9-12(4-1)15-19-16(22-21-15)13-5-2-7-17-10-13/h1-10H,(H,18,20). The first-order valence-corrected chi connectivity index (χ1v) is 6.74. The topological polar surface area (TPSA) is 80.5 Å². The van der Waals surface area contributed by atoms with Gasteiger partial charge in [-0.05, 0) is 24.3 Å². The van der Waals surface area contributed by atoms with E-state index in [4.69, 9.17) is 4.52 Å². The first-order chi connectivity index (χ1) is 10.9. The van der Waals surface area contributed by atoms with Crippen molar-refractivity contribution < 1.29 is 4.52 Å². The highest BCUT2D eigenvalue weighted by Crippen LogP contribution is 2.25. The highest BCUT2D eigenvalue weighted by molar-refractivity contribution is 5.68. The number of rotatable bonds is 3. The Labute approximate surface area is 125 Å². The Morgan fingerprint density at radius 2 is 1.82 bits per heavy atom. The SMILES string of the molecule is c1cc(-c2noc(-c3cccnc3)n2)cc(-c2ccn[nH]2)c1. The lowest BCUT2D eigenvalue weighted by Gasteiger charge is -1.99. The van der Waals surface area contributed by atoms with Crippen LogP contribution in [0.4, 0.5) is 0 Å². The lowest BCUT2D eigenvalue weighted by atomic mass is 10.1. The molecule has 0 fully saturated rings. The van der Waals surface area contributed by atoms with Gasteiger partial charge in [0, 0.05) is 29.7 Å². The Morgan fingerprint density at radius 3 is 2.64 bits per heavy atom. The van der Waals surface area contributed by atoms with Crippen molar-refractivity contribution in [3.05, 3.63) is 61.1 Å². The molecule has 0 aliphatic carbocycles. The predicted octanol–water partition coefficient (Wildman–Crippen LogP) is 3.19. The molecule has 0 amide bonds. The van der Waals surface area contributed by atoms with Gasteiger partial charge in [0.25, 0.3) is 5.89 Å². The molecule has 0 bridgehead atoms. The number of aromatic amines is 1. The van der Waals surface area contributed by atoms with Crippen molar-refractivity contribution in [3.63, 3.8) is 0 Å². The predicted molar refractivity (Wildman–Crippen MR) is 80.5 cm³/mol. The molecular weight excluding hydrogens is 278 g/mol. The quantitative estimate of drug-likeness (QED) is 0.626. The summed E-state index contributed by atoms with van der Waals surface area (Å²) in [6.07, 6.45) is 5.11. The van der Waals surface area contributed by atoms with Gasteiger partial charge in [0.15, 0.2) is 0 Å². The summed E-state index contributed by atoms with van der Waals surface area (Å²) in [4.78, 5) is 8.48. The Hall–Kier alpha value is -3.28. The van der Waals surface area contributed by atoms with Gasteiger partial charge in [0.05, 0.1) is 11.3 Å². The molecule has 106 valence electrons. The van der Waals surface area contributed by atoms with Crippen LogP contribution in [0.3, 0.4) is 0 Å². The maximum absolute atomic E-state index is 5.31. The van der Waals surface area contributed by atoms with Crippen LogP contribution in [-0.2, 0) is 0 Å². The fourth-order valence-corrected chi connectivity index (χ4v) is 2.19. The highest BCUT2D eigenvalue weighted by atomic mass is 16.5. The number of nitrogens with zero attached hydrogens (tertiary/aromatic N) is 4. The van der Waals surface area contributed by atoms with Crippen molar-refractivity contribution in [1.82, 2.24) is 25.3 Å². The molecule has 0 spiro atoms. The lowest BCUT2D eigenvalue weighted by molar-refractivity contribution is 0.432. The Balaban J connectivity index is 1.71. The van der Waals surface area contributed by atoms with E-state index in [0.29, 0.717) is 11.7 Å².